The van der Waals surface area contributed by atoms with Crippen LogP contribution in [0.4, 0.5) is 0 Å². The fourth-order valence-electron chi connectivity index (χ4n) is 1.92. The van der Waals surface area contributed by atoms with Crippen molar-refractivity contribution in [2.24, 2.45) is 0 Å². The number of hydrogen-bond donors (Lipinski definition) is 0. The zero-order valence-electron chi connectivity index (χ0n) is 11.2. The molecule has 0 amide bonds. The number of nitrogens with zero attached hydrogens (tertiary/aromatic N) is 2. The lowest BCUT2D eigenvalue weighted by Gasteiger charge is -2.07. The van der Waals surface area contributed by atoms with E-state index < -0.39 is 0 Å². The number of rotatable bonds is 5. The number of thioether (sulfide) groups is 1. The third kappa shape index (κ3) is 3.74. The van der Waals surface area contributed by atoms with Crippen molar-refractivity contribution in [2.75, 3.05) is 12.4 Å². The molecule has 21 heavy (non-hydrogen) atoms. The first-order valence-corrected chi connectivity index (χ1v) is 8.32. The largest absolute Gasteiger partial charge is 0.493 e. The Balaban J connectivity index is 1.58. The minimum absolute atomic E-state index is 0.643. The molecular formula is C16H13BrN2OS. The van der Waals surface area contributed by atoms with Crippen LogP contribution in [-0.2, 0) is 0 Å². The molecule has 3 rings (SSSR count). The maximum Gasteiger partial charge on any atom is 0.119 e. The van der Waals surface area contributed by atoms with Gasteiger partial charge in [-0.1, -0.05) is 34.1 Å². The van der Waals surface area contributed by atoms with Gasteiger partial charge in [-0.2, -0.15) is 0 Å². The summed E-state index contributed by atoms with van der Waals surface area (Å²) in [5, 5.41) is 2.09. The zero-order valence-corrected chi connectivity index (χ0v) is 13.6. The van der Waals surface area contributed by atoms with Gasteiger partial charge >= 0.3 is 0 Å². The summed E-state index contributed by atoms with van der Waals surface area (Å²) in [6.45, 7) is 0.643. The molecule has 0 saturated heterocycles. The van der Waals surface area contributed by atoms with Crippen molar-refractivity contribution in [3.63, 3.8) is 0 Å². The molecule has 0 atom stereocenters. The van der Waals surface area contributed by atoms with Crippen LogP contribution >= 0.6 is 27.7 Å². The molecule has 5 heteroatoms. The molecule has 0 unspecified atom stereocenters. The average molecular weight is 361 g/mol. The molecule has 0 saturated carbocycles. The van der Waals surface area contributed by atoms with Gasteiger partial charge in [0.1, 0.15) is 17.1 Å². The summed E-state index contributed by atoms with van der Waals surface area (Å²) in [4.78, 5) is 8.62. The van der Waals surface area contributed by atoms with Gasteiger partial charge in [-0.05, 0) is 30.3 Å². The Morgan fingerprint density at radius 3 is 2.67 bits per heavy atom. The van der Waals surface area contributed by atoms with Crippen LogP contribution in [0.15, 0.2) is 64.4 Å². The van der Waals surface area contributed by atoms with Gasteiger partial charge in [0.25, 0.3) is 0 Å². The zero-order chi connectivity index (χ0) is 14.5. The molecule has 0 fully saturated rings. The maximum absolute atomic E-state index is 5.71. The Labute approximate surface area is 135 Å². The summed E-state index contributed by atoms with van der Waals surface area (Å²) in [6.07, 6.45) is 1.61. The lowest BCUT2D eigenvalue weighted by Crippen LogP contribution is -2.00. The topological polar surface area (TPSA) is 35.0 Å². The molecule has 2 aromatic carbocycles. The molecule has 0 aliphatic heterocycles. The fraction of sp³-hybridized carbons (Fsp3) is 0.125. The quantitative estimate of drug-likeness (QED) is 0.379. The molecule has 0 aliphatic rings. The summed E-state index contributed by atoms with van der Waals surface area (Å²) in [5.41, 5.74) is 0.976. The van der Waals surface area contributed by atoms with Crippen molar-refractivity contribution in [2.45, 2.75) is 5.03 Å². The predicted octanol–water partition coefficient (Wildman–Crippen LogP) is 4.56. The van der Waals surface area contributed by atoms with Gasteiger partial charge in [0.2, 0.25) is 0 Å². The highest BCUT2D eigenvalue weighted by molar-refractivity contribution is 9.10. The highest BCUT2D eigenvalue weighted by Crippen LogP contribution is 2.24. The first kappa shape index (κ1) is 14.4. The summed E-state index contributed by atoms with van der Waals surface area (Å²) in [7, 11) is 0. The number of halogens is 1. The maximum atomic E-state index is 5.71. The normalized spacial score (nSPS) is 10.7. The van der Waals surface area contributed by atoms with E-state index in [2.05, 4.69) is 25.9 Å². The summed E-state index contributed by atoms with van der Waals surface area (Å²) < 4.78 is 6.76. The van der Waals surface area contributed by atoms with Gasteiger partial charge < -0.3 is 4.74 Å². The van der Waals surface area contributed by atoms with E-state index in [-0.39, 0.29) is 0 Å². The second-order valence-corrected chi connectivity index (χ2v) is 6.35. The molecule has 0 spiro atoms. The van der Waals surface area contributed by atoms with Gasteiger partial charge in [-0.25, -0.2) is 9.97 Å². The van der Waals surface area contributed by atoms with Gasteiger partial charge in [-0.3, -0.25) is 0 Å². The highest BCUT2D eigenvalue weighted by atomic mass is 79.9. The smallest absolute Gasteiger partial charge is 0.119 e. The number of benzene rings is 2. The van der Waals surface area contributed by atoms with Crippen LogP contribution in [0, 0.1) is 0 Å². The molecule has 0 N–H and O–H groups in total. The third-order valence-corrected chi connectivity index (χ3v) is 4.41. The van der Waals surface area contributed by atoms with E-state index in [9.17, 15) is 0 Å². The lowest BCUT2D eigenvalue weighted by atomic mass is 10.2. The Morgan fingerprint density at radius 2 is 1.81 bits per heavy atom. The van der Waals surface area contributed by atoms with Crippen molar-refractivity contribution in [1.29, 1.82) is 0 Å². The van der Waals surface area contributed by atoms with Crippen LogP contribution in [-0.4, -0.2) is 22.3 Å². The molecule has 1 heterocycles. The molecule has 0 aliphatic carbocycles. The lowest BCUT2D eigenvalue weighted by molar-refractivity contribution is 0.344. The van der Waals surface area contributed by atoms with Crippen LogP contribution in [0.3, 0.4) is 0 Å². The number of aromatic nitrogens is 2. The van der Waals surface area contributed by atoms with Crippen molar-refractivity contribution in [1.82, 2.24) is 9.97 Å². The van der Waals surface area contributed by atoms with Gasteiger partial charge in [-0.15, -0.1) is 11.8 Å². The molecular weight excluding hydrogens is 348 g/mol. The molecule has 106 valence electrons. The van der Waals surface area contributed by atoms with E-state index in [1.165, 1.54) is 0 Å². The Kier molecular flexibility index (Phi) is 4.72. The monoisotopic (exact) mass is 360 g/mol. The minimum atomic E-state index is 0.643. The molecule has 1 aromatic heterocycles. The van der Waals surface area contributed by atoms with E-state index in [1.807, 2.05) is 48.5 Å². The van der Waals surface area contributed by atoms with Crippen molar-refractivity contribution >= 4 is 38.6 Å². The molecule has 3 nitrogen and oxygen atoms in total. The van der Waals surface area contributed by atoms with E-state index >= 15 is 0 Å². The second-order valence-electron chi connectivity index (χ2n) is 4.35. The Morgan fingerprint density at radius 1 is 1.00 bits per heavy atom. The first-order valence-electron chi connectivity index (χ1n) is 6.54. The van der Waals surface area contributed by atoms with Crippen LogP contribution in [0.2, 0.25) is 0 Å². The summed E-state index contributed by atoms with van der Waals surface area (Å²) in [5.74, 6) is 1.73. The molecule has 3 aromatic rings. The summed E-state index contributed by atoms with van der Waals surface area (Å²) in [6, 6.07) is 15.9. The van der Waals surface area contributed by atoms with E-state index in [1.54, 1.807) is 18.1 Å². The highest BCUT2D eigenvalue weighted by Gasteiger charge is 2.03. The van der Waals surface area contributed by atoms with Gasteiger partial charge in [0.15, 0.2) is 0 Å². The number of ether oxygens (including phenoxy) is 1. The van der Waals surface area contributed by atoms with Crippen molar-refractivity contribution in [3.8, 4) is 5.75 Å². The minimum Gasteiger partial charge on any atom is -0.493 e. The standard InChI is InChI=1S/C16H13BrN2OS/c17-12-5-7-13(8-6-12)20-9-10-21-16-14-3-1-2-4-15(14)18-11-19-16/h1-8,11H,9-10H2. The van der Waals surface area contributed by atoms with E-state index in [0.717, 1.165) is 31.9 Å². The summed E-state index contributed by atoms with van der Waals surface area (Å²) >= 11 is 5.09. The molecule has 0 radical (unpaired) electrons. The molecule has 0 bridgehead atoms. The average Bonchev–Trinajstić information content (AvgIpc) is 2.53. The van der Waals surface area contributed by atoms with Crippen molar-refractivity contribution in [3.05, 3.63) is 59.3 Å². The van der Waals surface area contributed by atoms with Crippen LogP contribution in [0.1, 0.15) is 0 Å². The first-order chi connectivity index (χ1) is 10.3. The van der Waals surface area contributed by atoms with Crippen LogP contribution in [0.25, 0.3) is 10.9 Å². The van der Waals surface area contributed by atoms with Crippen LogP contribution < -0.4 is 4.74 Å². The number of hydrogen-bond acceptors (Lipinski definition) is 4. The SMILES string of the molecule is Brc1ccc(OCCSc2ncnc3ccccc23)cc1. The fourth-order valence-corrected chi connectivity index (χ4v) is 3.00. The van der Waals surface area contributed by atoms with Gasteiger partial charge in [0, 0.05) is 15.6 Å². The second kappa shape index (κ2) is 6.91. The van der Waals surface area contributed by atoms with Gasteiger partial charge in [0.05, 0.1) is 12.1 Å². The van der Waals surface area contributed by atoms with E-state index in [0.29, 0.717) is 6.61 Å². The Bertz CT molecular complexity index is 728. The number of fused-ring (bicyclic) bond motifs is 1. The number of para-hydroxylation sites is 1. The predicted molar refractivity (Wildman–Crippen MR) is 89.9 cm³/mol. The third-order valence-electron chi connectivity index (χ3n) is 2.91. The van der Waals surface area contributed by atoms with Crippen LogP contribution in [0.5, 0.6) is 5.75 Å². The Hall–Kier alpha value is -1.59. The van der Waals surface area contributed by atoms with Crippen molar-refractivity contribution < 1.29 is 4.74 Å². The van der Waals surface area contributed by atoms with E-state index in [4.69, 9.17) is 4.74 Å².